The molecule has 0 saturated carbocycles. The van der Waals surface area contributed by atoms with Crippen LogP contribution in [-0.4, -0.2) is 4.98 Å². The predicted octanol–water partition coefficient (Wildman–Crippen LogP) is 3.74. The molecule has 2 heteroatoms. The second-order valence-electron chi connectivity index (χ2n) is 5.04. The van der Waals surface area contributed by atoms with Crippen LogP contribution in [0.25, 0.3) is 10.9 Å². The molecule has 0 spiro atoms. The summed E-state index contributed by atoms with van der Waals surface area (Å²) in [6.45, 7) is 4.32. The number of aromatic nitrogens is 1. The van der Waals surface area contributed by atoms with Crippen LogP contribution in [0.3, 0.4) is 0 Å². The van der Waals surface area contributed by atoms with Crippen molar-refractivity contribution in [3.05, 3.63) is 34.8 Å². The zero-order chi connectivity index (χ0) is 11.3. The Hall–Kier alpha value is -1.31. The highest BCUT2D eigenvalue weighted by atomic mass is 19.1. The fourth-order valence-corrected chi connectivity index (χ4v) is 2.86. The Bertz CT molecular complexity index is 553. The minimum Gasteiger partial charge on any atom is -0.356 e. The molecule has 1 aromatic carbocycles. The third-order valence-electron chi connectivity index (χ3n) is 3.74. The molecule has 0 aliphatic heterocycles. The van der Waals surface area contributed by atoms with Gasteiger partial charge >= 0.3 is 0 Å². The molecule has 84 valence electrons. The maximum atomic E-state index is 13.7. The SMILES string of the molecule is Cc1ccc(F)c2[nH]c3c(c12)CC[C@@H](C)C3. The van der Waals surface area contributed by atoms with Crippen molar-refractivity contribution in [3.63, 3.8) is 0 Å². The molecule has 1 aliphatic rings. The van der Waals surface area contributed by atoms with Crippen molar-refractivity contribution in [2.75, 3.05) is 0 Å². The van der Waals surface area contributed by atoms with Crippen LogP contribution < -0.4 is 0 Å². The standard InChI is InChI=1S/C14H16FN/c1-8-3-5-10-12(7-8)16-14-11(15)6-4-9(2)13(10)14/h4,6,8,16H,3,5,7H2,1-2H3/t8-/m1/s1. The minimum atomic E-state index is -0.123. The van der Waals surface area contributed by atoms with Gasteiger partial charge < -0.3 is 4.98 Å². The highest BCUT2D eigenvalue weighted by Gasteiger charge is 2.21. The molecule has 1 heterocycles. The molecule has 1 N–H and O–H groups in total. The summed E-state index contributed by atoms with van der Waals surface area (Å²) >= 11 is 0. The van der Waals surface area contributed by atoms with E-state index in [1.165, 1.54) is 23.2 Å². The van der Waals surface area contributed by atoms with E-state index in [-0.39, 0.29) is 5.82 Å². The van der Waals surface area contributed by atoms with E-state index in [0.29, 0.717) is 11.4 Å². The van der Waals surface area contributed by atoms with Gasteiger partial charge in [-0.15, -0.1) is 0 Å². The maximum Gasteiger partial charge on any atom is 0.147 e. The normalized spacial score (nSPS) is 20.1. The van der Waals surface area contributed by atoms with Gasteiger partial charge in [-0.05, 0) is 49.3 Å². The van der Waals surface area contributed by atoms with E-state index in [1.54, 1.807) is 6.07 Å². The molecule has 1 nitrogen and oxygen atoms in total. The van der Waals surface area contributed by atoms with Crippen LogP contribution in [-0.2, 0) is 12.8 Å². The van der Waals surface area contributed by atoms with Crippen LogP contribution in [0.15, 0.2) is 12.1 Å². The Balaban J connectivity index is 2.33. The van der Waals surface area contributed by atoms with Crippen molar-refractivity contribution in [3.8, 4) is 0 Å². The van der Waals surface area contributed by atoms with Gasteiger partial charge in [0.25, 0.3) is 0 Å². The van der Waals surface area contributed by atoms with Crippen LogP contribution in [0.2, 0.25) is 0 Å². The van der Waals surface area contributed by atoms with Gasteiger partial charge in [-0.3, -0.25) is 0 Å². The molecule has 3 rings (SSSR count). The predicted molar refractivity (Wildman–Crippen MR) is 64.2 cm³/mol. The summed E-state index contributed by atoms with van der Waals surface area (Å²) < 4.78 is 13.7. The van der Waals surface area contributed by atoms with Crippen molar-refractivity contribution < 1.29 is 4.39 Å². The molecule has 0 radical (unpaired) electrons. The quantitative estimate of drug-likeness (QED) is 0.692. The number of benzene rings is 1. The Morgan fingerprint density at radius 3 is 3.00 bits per heavy atom. The van der Waals surface area contributed by atoms with Crippen molar-refractivity contribution in [2.24, 2.45) is 5.92 Å². The van der Waals surface area contributed by atoms with Gasteiger partial charge in [0.2, 0.25) is 0 Å². The van der Waals surface area contributed by atoms with Crippen LogP contribution >= 0.6 is 0 Å². The molecule has 1 atom stereocenters. The van der Waals surface area contributed by atoms with Gasteiger partial charge in [-0.2, -0.15) is 0 Å². The number of H-pyrrole nitrogens is 1. The highest BCUT2D eigenvalue weighted by Crippen LogP contribution is 2.34. The number of halogens is 1. The average molecular weight is 217 g/mol. The maximum absolute atomic E-state index is 13.7. The number of hydrogen-bond acceptors (Lipinski definition) is 0. The lowest BCUT2D eigenvalue weighted by Gasteiger charge is -2.18. The van der Waals surface area contributed by atoms with Crippen molar-refractivity contribution in [1.82, 2.24) is 4.98 Å². The first-order chi connectivity index (χ1) is 7.66. The smallest absolute Gasteiger partial charge is 0.147 e. The van der Waals surface area contributed by atoms with E-state index in [1.807, 2.05) is 6.07 Å². The fourth-order valence-electron chi connectivity index (χ4n) is 2.86. The van der Waals surface area contributed by atoms with Gasteiger partial charge in [0.1, 0.15) is 5.82 Å². The topological polar surface area (TPSA) is 15.8 Å². The summed E-state index contributed by atoms with van der Waals surface area (Å²) in [7, 11) is 0. The van der Waals surface area contributed by atoms with E-state index in [4.69, 9.17) is 0 Å². The molecular formula is C14H16FN. The Morgan fingerprint density at radius 1 is 1.38 bits per heavy atom. The molecule has 1 aliphatic carbocycles. The van der Waals surface area contributed by atoms with E-state index >= 15 is 0 Å². The number of rotatable bonds is 0. The van der Waals surface area contributed by atoms with Crippen LogP contribution in [0, 0.1) is 18.7 Å². The summed E-state index contributed by atoms with van der Waals surface area (Å²) in [6, 6.07) is 3.44. The molecule has 0 saturated heterocycles. The first-order valence-electron chi connectivity index (χ1n) is 5.95. The van der Waals surface area contributed by atoms with Crippen molar-refractivity contribution in [1.29, 1.82) is 0 Å². The average Bonchev–Trinajstić information content (AvgIpc) is 2.63. The summed E-state index contributed by atoms with van der Waals surface area (Å²) in [5.41, 5.74) is 4.50. The Morgan fingerprint density at radius 2 is 2.19 bits per heavy atom. The summed E-state index contributed by atoms with van der Waals surface area (Å²) in [5, 5.41) is 1.13. The Kier molecular flexibility index (Phi) is 2.06. The zero-order valence-corrected chi connectivity index (χ0v) is 9.73. The zero-order valence-electron chi connectivity index (χ0n) is 9.73. The second kappa shape index (κ2) is 3.34. The monoisotopic (exact) mass is 217 g/mol. The summed E-state index contributed by atoms with van der Waals surface area (Å²) in [4.78, 5) is 3.28. The lowest BCUT2D eigenvalue weighted by molar-refractivity contribution is 0.497. The number of fused-ring (bicyclic) bond motifs is 3. The molecule has 0 unspecified atom stereocenters. The van der Waals surface area contributed by atoms with Gasteiger partial charge in [0.05, 0.1) is 5.52 Å². The van der Waals surface area contributed by atoms with Crippen molar-refractivity contribution >= 4 is 10.9 Å². The number of aryl methyl sites for hydroxylation is 2. The van der Waals surface area contributed by atoms with Gasteiger partial charge in [0, 0.05) is 11.1 Å². The first-order valence-corrected chi connectivity index (χ1v) is 5.95. The number of aromatic amines is 1. The van der Waals surface area contributed by atoms with E-state index in [9.17, 15) is 4.39 Å². The van der Waals surface area contributed by atoms with Crippen LogP contribution in [0.1, 0.15) is 30.2 Å². The molecule has 0 fully saturated rings. The molecule has 2 aromatic rings. The van der Waals surface area contributed by atoms with Gasteiger partial charge in [-0.1, -0.05) is 13.0 Å². The van der Waals surface area contributed by atoms with E-state index in [0.717, 1.165) is 18.2 Å². The van der Waals surface area contributed by atoms with Crippen LogP contribution in [0.4, 0.5) is 4.39 Å². The van der Waals surface area contributed by atoms with Crippen LogP contribution in [0.5, 0.6) is 0 Å². The number of hydrogen-bond donors (Lipinski definition) is 1. The Labute approximate surface area is 94.7 Å². The fraction of sp³-hybridized carbons (Fsp3) is 0.429. The third-order valence-corrected chi connectivity index (χ3v) is 3.74. The van der Waals surface area contributed by atoms with Crippen molar-refractivity contribution in [2.45, 2.75) is 33.1 Å². The number of nitrogens with one attached hydrogen (secondary N) is 1. The molecular weight excluding hydrogens is 201 g/mol. The van der Waals surface area contributed by atoms with E-state index < -0.39 is 0 Å². The second-order valence-corrected chi connectivity index (χ2v) is 5.04. The molecule has 0 amide bonds. The van der Waals surface area contributed by atoms with E-state index in [2.05, 4.69) is 18.8 Å². The summed E-state index contributed by atoms with van der Waals surface area (Å²) in [6.07, 6.45) is 3.36. The minimum absolute atomic E-state index is 0.123. The third kappa shape index (κ3) is 1.29. The highest BCUT2D eigenvalue weighted by molar-refractivity contribution is 5.88. The van der Waals surface area contributed by atoms with Gasteiger partial charge in [0.15, 0.2) is 0 Å². The lowest BCUT2D eigenvalue weighted by atomic mass is 9.87. The molecule has 0 bridgehead atoms. The lowest BCUT2D eigenvalue weighted by Crippen LogP contribution is -2.10. The van der Waals surface area contributed by atoms with Gasteiger partial charge in [-0.25, -0.2) is 4.39 Å². The molecule has 1 aromatic heterocycles. The largest absolute Gasteiger partial charge is 0.356 e. The first kappa shape index (κ1) is 9.88. The summed E-state index contributed by atoms with van der Waals surface area (Å²) in [5.74, 6) is 0.589. The molecule has 16 heavy (non-hydrogen) atoms.